The highest BCUT2D eigenvalue weighted by Crippen LogP contribution is 2.31. The van der Waals surface area contributed by atoms with Gasteiger partial charge < -0.3 is 15.1 Å². The summed E-state index contributed by atoms with van der Waals surface area (Å²) in [5.74, 6) is 0. The van der Waals surface area contributed by atoms with Crippen molar-refractivity contribution in [3.05, 3.63) is 29.4 Å². The zero-order chi connectivity index (χ0) is 14.1. The molecule has 0 bridgehead atoms. The molecule has 0 unspecified atom stereocenters. The Morgan fingerprint density at radius 3 is 2.60 bits per heavy atom. The van der Waals surface area contributed by atoms with Gasteiger partial charge in [-0.25, -0.2) is 0 Å². The van der Waals surface area contributed by atoms with Gasteiger partial charge in [0.05, 0.1) is 23.1 Å². The van der Waals surface area contributed by atoms with Crippen molar-refractivity contribution in [3.63, 3.8) is 0 Å². The Morgan fingerprint density at radius 1 is 1.15 bits per heavy atom. The SMILES string of the molecule is CNc1cnc2c(N3CCN(C)CC3)cc(Cl)cc2c1. The summed E-state index contributed by atoms with van der Waals surface area (Å²) >= 11 is 6.28. The zero-order valence-corrected chi connectivity index (χ0v) is 12.6. The average molecular weight is 291 g/mol. The zero-order valence-electron chi connectivity index (χ0n) is 11.9. The molecule has 2 aromatic rings. The number of rotatable bonds is 2. The van der Waals surface area contributed by atoms with Gasteiger partial charge in [-0.05, 0) is 25.2 Å². The molecule has 4 nitrogen and oxygen atoms in total. The van der Waals surface area contributed by atoms with Crippen molar-refractivity contribution >= 4 is 33.9 Å². The molecular weight excluding hydrogens is 272 g/mol. The van der Waals surface area contributed by atoms with Crippen molar-refractivity contribution < 1.29 is 0 Å². The molecule has 106 valence electrons. The number of fused-ring (bicyclic) bond motifs is 1. The molecule has 1 aliphatic rings. The number of benzene rings is 1. The predicted molar refractivity (Wildman–Crippen MR) is 86.0 cm³/mol. The Morgan fingerprint density at radius 2 is 1.90 bits per heavy atom. The van der Waals surface area contributed by atoms with Crippen LogP contribution in [-0.2, 0) is 0 Å². The first-order valence-corrected chi connectivity index (χ1v) is 7.26. The Kier molecular flexibility index (Phi) is 3.68. The maximum absolute atomic E-state index is 6.28. The molecule has 2 heterocycles. The third-order valence-corrected chi connectivity index (χ3v) is 4.08. The molecule has 5 heteroatoms. The second kappa shape index (κ2) is 5.46. The van der Waals surface area contributed by atoms with E-state index in [2.05, 4.69) is 33.2 Å². The third kappa shape index (κ3) is 2.53. The maximum Gasteiger partial charge on any atom is 0.0938 e. The van der Waals surface area contributed by atoms with Crippen LogP contribution in [0.5, 0.6) is 0 Å². The number of nitrogens with one attached hydrogen (secondary N) is 1. The van der Waals surface area contributed by atoms with Gasteiger partial charge in [0.2, 0.25) is 0 Å². The van der Waals surface area contributed by atoms with Crippen molar-refractivity contribution in [1.82, 2.24) is 9.88 Å². The highest BCUT2D eigenvalue weighted by atomic mass is 35.5. The molecule has 0 aliphatic carbocycles. The highest BCUT2D eigenvalue weighted by molar-refractivity contribution is 6.31. The summed E-state index contributed by atoms with van der Waals surface area (Å²) in [6, 6.07) is 6.10. The number of hydrogen-bond acceptors (Lipinski definition) is 4. The van der Waals surface area contributed by atoms with Crippen molar-refractivity contribution in [2.75, 3.05) is 50.5 Å². The van der Waals surface area contributed by atoms with Gasteiger partial charge in [-0.2, -0.15) is 0 Å². The van der Waals surface area contributed by atoms with Gasteiger partial charge in [0.1, 0.15) is 0 Å². The lowest BCUT2D eigenvalue weighted by molar-refractivity contribution is 0.313. The molecule has 3 rings (SSSR count). The van der Waals surface area contributed by atoms with E-state index in [1.54, 1.807) is 0 Å². The molecule has 20 heavy (non-hydrogen) atoms. The van der Waals surface area contributed by atoms with Crippen LogP contribution in [0.4, 0.5) is 11.4 Å². The summed E-state index contributed by atoms with van der Waals surface area (Å²) in [4.78, 5) is 9.33. The topological polar surface area (TPSA) is 31.4 Å². The summed E-state index contributed by atoms with van der Waals surface area (Å²) in [6.45, 7) is 4.17. The van der Waals surface area contributed by atoms with E-state index in [1.165, 1.54) is 0 Å². The quantitative estimate of drug-likeness (QED) is 0.921. The van der Waals surface area contributed by atoms with E-state index in [9.17, 15) is 0 Å². The molecule has 1 fully saturated rings. The molecule has 0 radical (unpaired) electrons. The van der Waals surface area contributed by atoms with E-state index in [1.807, 2.05) is 25.4 Å². The first kappa shape index (κ1) is 13.5. The largest absolute Gasteiger partial charge is 0.387 e. The number of aromatic nitrogens is 1. The minimum absolute atomic E-state index is 0.765. The molecule has 0 amide bonds. The molecule has 0 saturated carbocycles. The molecule has 1 N–H and O–H groups in total. The van der Waals surface area contributed by atoms with Crippen LogP contribution < -0.4 is 10.2 Å². The number of nitrogens with zero attached hydrogens (tertiary/aromatic N) is 3. The van der Waals surface area contributed by atoms with Crippen LogP contribution in [0.3, 0.4) is 0 Å². The van der Waals surface area contributed by atoms with E-state index in [-0.39, 0.29) is 0 Å². The number of piperazine rings is 1. The van der Waals surface area contributed by atoms with Gasteiger partial charge >= 0.3 is 0 Å². The Bertz CT molecular complexity index is 621. The van der Waals surface area contributed by atoms with Gasteiger partial charge in [0.15, 0.2) is 0 Å². The maximum atomic E-state index is 6.28. The van der Waals surface area contributed by atoms with Crippen LogP contribution in [0.1, 0.15) is 0 Å². The Labute approximate surface area is 124 Å². The Hall–Kier alpha value is -1.52. The smallest absolute Gasteiger partial charge is 0.0938 e. The minimum Gasteiger partial charge on any atom is -0.387 e. The van der Waals surface area contributed by atoms with E-state index in [0.717, 1.165) is 53.5 Å². The van der Waals surface area contributed by atoms with Crippen LogP contribution >= 0.6 is 11.6 Å². The highest BCUT2D eigenvalue weighted by Gasteiger charge is 2.17. The van der Waals surface area contributed by atoms with Crippen LogP contribution in [0.2, 0.25) is 5.02 Å². The lowest BCUT2D eigenvalue weighted by Gasteiger charge is -2.34. The standard InChI is InChI=1S/C15H19ClN4/c1-17-13-8-11-7-12(16)9-14(15(11)18-10-13)20-5-3-19(2)4-6-20/h7-10,17H,3-6H2,1-2H3. The first-order valence-electron chi connectivity index (χ1n) is 6.88. The van der Waals surface area contributed by atoms with Gasteiger partial charge in [-0.15, -0.1) is 0 Å². The molecule has 1 aromatic carbocycles. The molecular formula is C15H19ClN4. The van der Waals surface area contributed by atoms with Crippen LogP contribution in [0.25, 0.3) is 10.9 Å². The summed E-state index contributed by atoms with van der Waals surface area (Å²) in [6.07, 6.45) is 1.87. The van der Waals surface area contributed by atoms with Gasteiger partial charge in [0.25, 0.3) is 0 Å². The number of likely N-dealkylation sites (N-methyl/N-ethyl adjacent to an activating group) is 1. The van der Waals surface area contributed by atoms with Gasteiger partial charge in [-0.3, -0.25) is 4.98 Å². The number of anilines is 2. The second-order valence-corrected chi connectivity index (χ2v) is 5.70. The fraction of sp³-hybridized carbons (Fsp3) is 0.400. The normalized spacial score (nSPS) is 16.6. The van der Waals surface area contributed by atoms with E-state index in [4.69, 9.17) is 11.6 Å². The van der Waals surface area contributed by atoms with Crippen molar-refractivity contribution in [2.45, 2.75) is 0 Å². The lowest BCUT2D eigenvalue weighted by Crippen LogP contribution is -2.44. The van der Waals surface area contributed by atoms with Crippen LogP contribution in [-0.4, -0.2) is 50.2 Å². The average Bonchev–Trinajstić information content (AvgIpc) is 2.46. The van der Waals surface area contributed by atoms with Crippen molar-refractivity contribution in [2.24, 2.45) is 0 Å². The number of pyridine rings is 1. The first-order chi connectivity index (χ1) is 9.67. The van der Waals surface area contributed by atoms with E-state index in [0.29, 0.717) is 0 Å². The monoisotopic (exact) mass is 290 g/mol. The minimum atomic E-state index is 0.765. The lowest BCUT2D eigenvalue weighted by atomic mass is 10.1. The molecule has 0 atom stereocenters. The third-order valence-electron chi connectivity index (χ3n) is 3.86. The molecule has 1 aliphatic heterocycles. The van der Waals surface area contributed by atoms with E-state index < -0.39 is 0 Å². The summed E-state index contributed by atoms with van der Waals surface area (Å²) < 4.78 is 0. The number of hydrogen-bond donors (Lipinski definition) is 1. The second-order valence-electron chi connectivity index (χ2n) is 5.26. The van der Waals surface area contributed by atoms with Crippen LogP contribution in [0, 0.1) is 0 Å². The predicted octanol–water partition coefficient (Wildman–Crippen LogP) is 2.68. The van der Waals surface area contributed by atoms with Gasteiger partial charge in [0, 0.05) is 43.6 Å². The molecule has 0 spiro atoms. The molecule has 1 saturated heterocycles. The fourth-order valence-corrected chi connectivity index (χ4v) is 2.84. The summed E-state index contributed by atoms with van der Waals surface area (Å²) in [5.41, 5.74) is 3.17. The van der Waals surface area contributed by atoms with Crippen LogP contribution in [0.15, 0.2) is 24.4 Å². The summed E-state index contributed by atoms with van der Waals surface area (Å²) in [5, 5.41) is 4.96. The Balaban J connectivity index is 2.05. The fourth-order valence-electron chi connectivity index (χ4n) is 2.62. The van der Waals surface area contributed by atoms with Gasteiger partial charge in [-0.1, -0.05) is 11.6 Å². The van der Waals surface area contributed by atoms with Crippen molar-refractivity contribution in [3.8, 4) is 0 Å². The molecule has 1 aromatic heterocycles. The number of halogens is 1. The van der Waals surface area contributed by atoms with Crippen molar-refractivity contribution in [1.29, 1.82) is 0 Å². The summed E-state index contributed by atoms with van der Waals surface area (Å²) in [7, 11) is 4.06. The van der Waals surface area contributed by atoms with E-state index >= 15 is 0 Å².